The molecule has 0 bridgehead atoms. The molecule has 9 heteroatoms. The molecule has 0 spiro atoms. The van der Waals surface area contributed by atoms with E-state index in [4.69, 9.17) is 14.2 Å². The fourth-order valence-corrected chi connectivity index (χ4v) is 3.91. The van der Waals surface area contributed by atoms with Crippen LogP contribution in [0.5, 0.6) is 17.2 Å². The van der Waals surface area contributed by atoms with Crippen LogP contribution in [0.3, 0.4) is 0 Å². The van der Waals surface area contributed by atoms with E-state index in [1.807, 2.05) is 0 Å². The summed E-state index contributed by atoms with van der Waals surface area (Å²) in [6.45, 7) is 1.29. The first-order valence-corrected chi connectivity index (χ1v) is 9.47. The first kappa shape index (κ1) is 20.4. The summed E-state index contributed by atoms with van der Waals surface area (Å²) in [5, 5.41) is 9.27. The minimum atomic E-state index is -4.21. The van der Waals surface area contributed by atoms with Crippen molar-refractivity contribution in [2.24, 2.45) is 0 Å². The largest absolute Gasteiger partial charge is 0.493 e. The third-order valence-corrected chi connectivity index (χ3v) is 5.41. The van der Waals surface area contributed by atoms with Crippen molar-refractivity contribution in [3.63, 3.8) is 0 Å². The van der Waals surface area contributed by atoms with Gasteiger partial charge < -0.3 is 19.3 Å². The van der Waals surface area contributed by atoms with Crippen LogP contribution in [0.25, 0.3) is 0 Å². The number of ether oxygens (including phenoxy) is 3. The Morgan fingerprint density at radius 2 is 1.70 bits per heavy atom. The molecule has 0 aliphatic carbocycles. The normalized spacial score (nSPS) is 10.9. The Labute approximate surface area is 157 Å². The van der Waals surface area contributed by atoms with E-state index in [-0.39, 0.29) is 22.1 Å². The van der Waals surface area contributed by atoms with Gasteiger partial charge in [0.1, 0.15) is 12.3 Å². The van der Waals surface area contributed by atoms with Gasteiger partial charge in [0.15, 0.2) is 11.5 Å². The molecule has 0 amide bonds. The third-order valence-electron chi connectivity index (χ3n) is 3.66. The molecule has 0 atom stereocenters. The molecule has 2 aromatic carbocycles. The first-order chi connectivity index (χ1) is 12.8. The van der Waals surface area contributed by atoms with Gasteiger partial charge in [0.2, 0.25) is 0 Å². The minimum absolute atomic E-state index is 0.132. The lowest BCUT2D eigenvalue weighted by atomic mass is 10.3. The van der Waals surface area contributed by atoms with Gasteiger partial charge in [-0.2, -0.15) is 0 Å². The third kappa shape index (κ3) is 4.43. The van der Waals surface area contributed by atoms with Gasteiger partial charge in [0.25, 0.3) is 10.0 Å². The molecule has 8 nitrogen and oxygen atoms in total. The molecule has 27 heavy (non-hydrogen) atoms. The number of hydrogen-bond acceptors (Lipinski definition) is 6. The number of carboxylic acid groups (broad SMARTS) is 1. The standard InChI is InChI=1S/C18H21NO7S/c1-4-26-15-8-6-5-7-14(15)19(12-18(20)21)27(22,23)13-9-10-16(24-2)17(11-13)25-3/h5-11H,4,12H2,1-3H3,(H,20,21). The Bertz CT molecular complexity index is 912. The van der Waals surface area contributed by atoms with Gasteiger partial charge in [0.05, 0.1) is 31.4 Å². The molecule has 0 saturated carbocycles. The molecular weight excluding hydrogens is 374 g/mol. The van der Waals surface area contributed by atoms with E-state index in [0.29, 0.717) is 12.4 Å². The molecule has 0 aliphatic heterocycles. The Balaban J connectivity index is 2.61. The summed E-state index contributed by atoms with van der Waals surface area (Å²) in [6.07, 6.45) is 0. The summed E-state index contributed by atoms with van der Waals surface area (Å²) in [5.41, 5.74) is 0.136. The Morgan fingerprint density at radius 1 is 1.04 bits per heavy atom. The highest BCUT2D eigenvalue weighted by Crippen LogP contribution is 2.35. The van der Waals surface area contributed by atoms with Crippen LogP contribution in [0.15, 0.2) is 47.4 Å². The highest BCUT2D eigenvalue weighted by Gasteiger charge is 2.30. The number of nitrogens with zero attached hydrogens (tertiary/aromatic N) is 1. The lowest BCUT2D eigenvalue weighted by molar-refractivity contribution is -0.135. The van der Waals surface area contributed by atoms with E-state index < -0.39 is 22.5 Å². The van der Waals surface area contributed by atoms with Gasteiger partial charge in [-0.05, 0) is 31.2 Å². The number of methoxy groups -OCH3 is 2. The predicted molar refractivity (Wildman–Crippen MR) is 99.3 cm³/mol. The first-order valence-electron chi connectivity index (χ1n) is 8.03. The zero-order chi connectivity index (χ0) is 20.0. The molecule has 0 radical (unpaired) electrons. The maximum atomic E-state index is 13.2. The van der Waals surface area contributed by atoms with Crippen molar-refractivity contribution in [2.45, 2.75) is 11.8 Å². The van der Waals surface area contributed by atoms with Crippen molar-refractivity contribution < 1.29 is 32.5 Å². The van der Waals surface area contributed by atoms with Crippen molar-refractivity contribution in [3.8, 4) is 17.2 Å². The van der Waals surface area contributed by atoms with E-state index in [9.17, 15) is 18.3 Å². The summed E-state index contributed by atoms with van der Waals surface area (Å²) >= 11 is 0. The highest BCUT2D eigenvalue weighted by molar-refractivity contribution is 7.92. The zero-order valence-electron chi connectivity index (χ0n) is 15.2. The lowest BCUT2D eigenvalue weighted by Gasteiger charge is -2.25. The fourth-order valence-electron chi connectivity index (χ4n) is 2.47. The van der Waals surface area contributed by atoms with Crippen LogP contribution in [0, 0.1) is 0 Å². The Kier molecular flexibility index (Phi) is 6.51. The van der Waals surface area contributed by atoms with Crippen molar-refractivity contribution >= 4 is 21.7 Å². The number of benzene rings is 2. The molecule has 1 N–H and O–H groups in total. The predicted octanol–water partition coefficient (Wildman–Crippen LogP) is 2.38. The second kappa shape index (κ2) is 8.63. The number of aliphatic carboxylic acids is 1. The summed E-state index contributed by atoms with van der Waals surface area (Å²) in [7, 11) is -1.40. The Morgan fingerprint density at radius 3 is 2.30 bits per heavy atom. The van der Waals surface area contributed by atoms with E-state index in [0.717, 1.165) is 4.31 Å². The molecule has 146 valence electrons. The van der Waals surface area contributed by atoms with Crippen LogP contribution in [0.4, 0.5) is 5.69 Å². The molecular formula is C18H21NO7S. The second-order valence-corrected chi connectivity index (χ2v) is 7.19. The summed E-state index contributed by atoms with van der Waals surface area (Å²) in [4.78, 5) is 11.2. The average Bonchev–Trinajstić information content (AvgIpc) is 2.66. The molecule has 0 fully saturated rings. The van der Waals surface area contributed by atoms with Gasteiger partial charge in [-0.25, -0.2) is 8.42 Å². The van der Waals surface area contributed by atoms with Crippen LogP contribution in [-0.2, 0) is 14.8 Å². The summed E-state index contributed by atoms with van der Waals surface area (Å²) < 4.78 is 42.9. The van der Waals surface area contributed by atoms with Crippen LogP contribution >= 0.6 is 0 Å². The number of sulfonamides is 1. The van der Waals surface area contributed by atoms with Crippen LogP contribution in [0.1, 0.15) is 6.92 Å². The molecule has 0 aliphatic rings. The van der Waals surface area contributed by atoms with E-state index in [1.165, 1.54) is 38.5 Å². The maximum absolute atomic E-state index is 13.2. The minimum Gasteiger partial charge on any atom is -0.493 e. The van der Waals surface area contributed by atoms with Gasteiger partial charge in [-0.3, -0.25) is 9.10 Å². The van der Waals surface area contributed by atoms with Gasteiger partial charge >= 0.3 is 5.97 Å². The molecule has 2 rings (SSSR count). The Hall–Kier alpha value is -2.94. The number of carboxylic acids is 1. The van der Waals surface area contributed by atoms with Crippen molar-refractivity contribution in [2.75, 3.05) is 31.7 Å². The quantitative estimate of drug-likeness (QED) is 0.695. The van der Waals surface area contributed by atoms with Gasteiger partial charge in [-0.15, -0.1) is 0 Å². The monoisotopic (exact) mass is 395 g/mol. The number of carbonyl (C=O) groups is 1. The number of anilines is 1. The molecule has 0 saturated heterocycles. The maximum Gasteiger partial charge on any atom is 0.324 e. The zero-order valence-corrected chi connectivity index (χ0v) is 16.0. The molecule has 0 heterocycles. The SMILES string of the molecule is CCOc1ccccc1N(CC(=O)O)S(=O)(=O)c1ccc(OC)c(OC)c1. The van der Waals surface area contributed by atoms with Crippen molar-refractivity contribution in [1.29, 1.82) is 0 Å². The second-order valence-electron chi connectivity index (χ2n) is 5.32. The smallest absolute Gasteiger partial charge is 0.324 e. The van der Waals surface area contributed by atoms with Crippen LogP contribution < -0.4 is 18.5 Å². The summed E-state index contributed by atoms with van der Waals surface area (Å²) in [5.74, 6) is -0.460. The summed E-state index contributed by atoms with van der Waals surface area (Å²) in [6, 6.07) is 10.4. The van der Waals surface area contributed by atoms with E-state index in [1.54, 1.807) is 25.1 Å². The van der Waals surface area contributed by atoms with Crippen LogP contribution in [-0.4, -0.2) is 46.9 Å². The van der Waals surface area contributed by atoms with Crippen molar-refractivity contribution in [3.05, 3.63) is 42.5 Å². The van der Waals surface area contributed by atoms with E-state index in [2.05, 4.69) is 0 Å². The average molecular weight is 395 g/mol. The lowest BCUT2D eigenvalue weighted by Crippen LogP contribution is -2.36. The molecule has 2 aromatic rings. The number of rotatable bonds is 9. The number of hydrogen-bond donors (Lipinski definition) is 1. The number of para-hydroxylation sites is 2. The van der Waals surface area contributed by atoms with Crippen molar-refractivity contribution in [1.82, 2.24) is 0 Å². The molecule has 0 unspecified atom stereocenters. The van der Waals surface area contributed by atoms with Crippen LogP contribution in [0.2, 0.25) is 0 Å². The van der Waals surface area contributed by atoms with Gasteiger partial charge in [-0.1, -0.05) is 12.1 Å². The van der Waals surface area contributed by atoms with Gasteiger partial charge in [0, 0.05) is 6.07 Å². The highest BCUT2D eigenvalue weighted by atomic mass is 32.2. The molecule has 0 aromatic heterocycles. The van der Waals surface area contributed by atoms with E-state index >= 15 is 0 Å². The topological polar surface area (TPSA) is 102 Å². The fraction of sp³-hybridized carbons (Fsp3) is 0.278.